The van der Waals surface area contributed by atoms with Crippen LogP contribution in [0.5, 0.6) is 0 Å². The van der Waals surface area contributed by atoms with Crippen molar-refractivity contribution in [3.63, 3.8) is 0 Å². The Balaban J connectivity index is 2.05. The largest absolute Gasteiger partial charge is 0.324 e. The fraction of sp³-hybridized carbons (Fsp3) is 0.778. The molecule has 4 nitrogen and oxygen atoms in total. The molecule has 2 N–H and O–H groups in total. The second-order valence-corrected chi connectivity index (χ2v) is 3.64. The molecule has 1 aromatic rings. The molecule has 72 valence electrons. The quantitative estimate of drug-likeness (QED) is 0.745. The van der Waals surface area contributed by atoms with Gasteiger partial charge >= 0.3 is 0 Å². The molecule has 0 unspecified atom stereocenters. The van der Waals surface area contributed by atoms with Crippen LogP contribution in [0.15, 0.2) is 6.33 Å². The van der Waals surface area contributed by atoms with Crippen molar-refractivity contribution in [3.8, 4) is 0 Å². The summed E-state index contributed by atoms with van der Waals surface area (Å²) in [6, 6.07) is 0.571. The molecule has 0 radical (unpaired) electrons. The minimum atomic E-state index is 0.444. The van der Waals surface area contributed by atoms with Gasteiger partial charge in [0.2, 0.25) is 0 Å². The van der Waals surface area contributed by atoms with Gasteiger partial charge in [0.05, 0.1) is 12.6 Å². The molecule has 0 atom stereocenters. The predicted molar refractivity (Wildman–Crippen MR) is 50.0 cm³/mol. The standard InChI is InChI=1S/C9H16N4/c10-6-9-11-7-13(12-9)8-4-2-1-3-5-8/h7-8H,1-6,10H2. The first-order valence-electron chi connectivity index (χ1n) is 5.00. The molecule has 0 saturated heterocycles. The van der Waals surface area contributed by atoms with E-state index in [1.54, 1.807) is 0 Å². The van der Waals surface area contributed by atoms with Gasteiger partial charge in [-0.25, -0.2) is 9.67 Å². The van der Waals surface area contributed by atoms with Gasteiger partial charge < -0.3 is 5.73 Å². The van der Waals surface area contributed by atoms with Gasteiger partial charge in [0.1, 0.15) is 6.33 Å². The second kappa shape index (κ2) is 3.87. The van der Waals surface area contributed by atoms with Crippen LogP contribution in [0.25, 0.3) is 0 Å². The molecule has 1 aliphatic rings. The fourth-order valence-electron chi connectivity index (χ4n) is 1.93. The van der Waals surface area contributed by atoms with Crippen LogP contribution in [0.4, 0.5) is 0 Å². The van der Waals surface area contributed by atoms with Crippen molar-refractivity contribution < 1.29 is 0 Å². The molecule has 13 heavy (non-hydrogen) atoms. The first-order chi connectivity index (χ1) is 6.40. The molecule has 0 bridgehead atoms. The molecular weight excluding hydrogens is 164 g/mol. The van der Waals surface area contributed by atoms with Crippen molar-refractivity contribution in [2.45, 2.75) is 44.7 Å². The molecule has 2 rings (SSSR count). The maximum atomic E-state index is 5.45. The first-order valence-corrected chi connectivity index (χ1v) is 5.00. The zero-order valence-electron chi connectivity index (χ0n) is 7.82. The SMILES string of the molecule is NCc1ncn(C2CCCCC2)n1. The van der Waals surface area contributed by atoms with Crippen molar-refractivity contribution in [1.82, 2.24) is 14.8 Å². The lowest BCUT2D eigenvalue weighted by molar-refractivity contribution is 0.327. The summed E-state index contributed by atoms with van der Waals surface area (Å²) in [7, 11) is 0. The number of nitrogens with two attached hydrogens (primary N) is 1. The number of hydrogen-bond donors (Lipinski definition) is 1. The predicted octanol–water partition coefficient (Wildman–Crippen LogP) is 1.24. The summed E-state index contributed by atoms with van der Waals surface area (Å²) in [6.07, 6.45) is 8.32. The second-order valence-electron chi connectivity index (χ2n) is 3.64. The van der Waals surface area contributed by atoms with E-state index in [1.807, 2.05) is 11.0 Å². The molecule has 0 aromatic carbocycles. The molecule has 0 amide bonds. The van der Waals surface area contributed by atoms with Crippen LogP contribution >= 0.6 is 0 Å². The third-order valence-corrected chi connectivity index (χ3v) is 2.69. The van der Waals surface area contributed by atoms with Crippen LogP contribution in [0.2, 0.25) is 0 Å². The highest BCUT2D eigenvalue weighted by atomic mass is 15.3. The highest BCUT2D eigenvalue weighted by Gasteiger charge is 2.15. The number of aromatic nitrogens is 3. The Morgan fingerprint density at radius 1 is 1.38 bits per heavy atom. The maximum absolute atomic E-state index is 5.45. The molecule has 1 saturated carbocycles. The van der Waals surface area contributed by atoms with Crippen LogP contribution in [-0.2, 0) is 6.54 Å². The Bertz CT molecular complexity index is 262. The smallest absolute Gasteiger partial charge is 0.164 e. The van der Waals surface area contributed by atoms with Gasteiger partial charge in [-0.05, 0) is 12.8 Å². The number of rotatable bonds is 2. The Morgan fingerprint density at radius 3 is 2.77 bits per heavy atom. The van der Waals surface area contributed by atoms with E-state index < -0.39 is 0 Å². The van der Waals surface area contributed by atoms with Crippen molar-refractivity contribution >= 4 is 0 Å². The third kappa shape index (κ3) is 1.88. The van der Waals surface area contributed by atoms with E-state index in [9.17, 15) is 0 Å². The lowest BCUT2D eigenvalue weighted by atomic mass is 9.96. The van der Waals surface area contributed by atoms with Gasteiger partial charge in [0.25, 0.3) is 0 Å². The average Bonchev–Trinajstić information content (AvgIpc) is 2.67. The number of nitrogens with zero attached hydrogens (tertiary/aromatic N) is 3. The van der Waals surface area contributed by atoms with Gasteiger partial charge in [-0.2, -0.15) is 5.10 Å². The summed E-state index contributed by atoms with van der Waals surface area (Å²) in [5, 5.41) is 4.33. The summed E-state index contributed by atoms with van der Waals surface area (Å²) in [5.41, 5.74) is 5.45. The Labute approximate surface area is 78.1 Å². The normalized spacial score (nSPS) is 19.2. The van der Waals surface area contributed by atoms with Crippen LogP contribution in [0, 0.1) is 0 Å². The van der Waals surface area contributed by atoms with Crippen molar-refractivity contribution in [2.24, 2.45) is 5.73 Å². The average molecular weight is 180 g/mol. The van der Waals surface area contributed by atoms with Gasteiger partial charge in [0.15, 0.2) is 5.82 Å². The molecule has 1 aliphatic carbocycles. The summed E-state index contributed by atoms with van der Waals surface area (Å²) < 4.78 is 1.99. The highest BCUT2D eigenvalue weighted by Crippen LogP contribution is 2.26. The van der Waals surface area contributed by atoms with E-state index in [4.69, 9.17) is 5.73 Å². The van der Waals surface area contributed by atoms with Crippen molar-refractivity contribution in [3.05, 3.63) is 12.2 Å². The zero-order valence-corrected chi connectivity index (χ0v) is 7.82. The monoisotopic (exact) mass is 180 g/mol. The molecule has 1 heterocycles. The van der Waals surface area contributed by atoms with Gasteiger partial charge in [-0.1, -0.05) is 19.3 Å². The van der Waals surface area contributed by atoms with Gasteiger partial charge in [0, 0.05) is 0 Å². The van der Waals surface area contributed by atoms with E-state index in [1.165, 1.54) is 32.1 Å². The van der Waals surface area contributed by atoms with Crippen LogP contribution in [0.1, 0.15) is 44.0 Å². The van der Waals surface area contributed by atoms with Crippen molar-refractivity contribution in [1.29, 1.82) is 0 Å². The van der Waals surface area contributed by atoms with Crippen LogP contribution < -0.4 is 5.73 Å². The fourth-order valence-corrected chi connectivity index (χ4v) is 1.93. The molecule has 0 spiro atoms. The first kappa shape index (κ1) is 8.69. The molecule has 1 fully saturated rings. The van der Waals surface area contributed by atoms with E-state index in [2.05, 4.69) is 10.1 Å². The lowest BCUT2D eigenvalue weighted by Gasteiger charge is -2.21. The van der Waals surface area contributed by atoms with Gasteiger partial charge in [-0.3, -0.25) is 0 Å². The molecule has 1 aromatic heterocycles. The highest BCUT2D eigenvalue weighted by molar-refractivity contribution is 4.82. The molecular formula is C9H16N4. The third-order valence-electron chi connectivity index (χ3n) is 2.69. The molecule has 4 heteroatoms. The minimum Gasteiger partial charge on any atom is -0.324 e. The maximum Gasteiger partial charge on any atom is 0.164 e. The van der Waals surface area contributed by atoms with E-state index in [0.717, 1.165) is 5.82 Å². The van der Waals surface area contributed by atoms with E-state index in [0.29, 0.717) is 12.6 Å². The van der Waals surface area contributed by atoms with Gasteiger partial charge in [-0.15, -0.1) is 0 Å². The molecule has 0 aliphatic heterocycles. The zero-order chi connectivity index (χ0) is 9.10. The summed E-state index contributed by atoms with van der Waals surface area (Å²) in [6.45, 7) is 0.444. The topological polar surface area (TPSA) is 56.7 Å². The summed E-state index contributed by atoms with van der Waals surface area (Å²) >= 11 is 0. The van der Waals surface area contributed by atoms with Crippen molar-refractivity contribution in [2.75, 3.05) is 0 Å². The summed E-state index contributed by atoms with van der Waals surface area (Å²) in [4.78, 5) is 4.14. The van der Waals surface area contributed by atoms with Crippen LogP contribution in [-0.4, -0.2) is 14.8 Å². The van der Waals surface area contributed by atoms with Crippen LogP contribution in [0.3, 0.4) is 0 Å². The van der Waals surface area contributed by atoms with E-state index in [-0.39, 0.29) is 0 Å². The Kier molecular flexibility index (Phi) is 2.59. The Hall–Kier alpha value is -0.900. The number of hydrogen-bond acceptors (Lipinski definition) is 3. The Morgan fingerprint density at radius 2 is 2.15 bits per heavy atom. The minimum absolute atomic E-state index is 0.444. The van der Waals surface area contributed by atoms with E-state index >= 15 is 0 Å². The lowest BCUT2D eigenvalue weighted by Crippen LogP contribution is -2.13. The summed E-state index contributed by atoms with van der Waals surface area (Å²) in [5.74, 6) is 0.755.